The molecule has 7 heteroatoms. The number of hydrogen-bond donors (Lipinski definition) is 2. The summed E-state index contributed by atoms with van der Waals surface area (Å²) in [6, 6.07) is -0.0618. The molecule has 7 nitrogen and oxygen atoms in total. The molecule has 2 N–H and O–H groups in total. The molecule has 0 bridgehead atoms. The van der Waals surface area contributed by atoms with Crippen molar-refractivity contribution in [1.82, 2.24) is 15.3 Å². The second-order valence-electron chi connectivity index (χ2n) is 5.12. The highest BCUT2D eigenvalue weighted by Crippen LogP contribution is 2.21. The number of morpholine rings is 1. The van der Waals surface area contributed by atoms with Gasteiger partial charge >= 0.3 is 0 Å². The van der Waals surface area contributed by atoms with Crippen molar-refractivity contribution in [2.45, 2.75) is 31.5 Å². The largest absolute Gasteiger partial charge is 0.392 e. The minimum atomic E-state index is -0.385. The number of aliphatic hydroxyl groups is 1. The van der Waals surface area contributed by atoms with Gasteiger partial charge in [0.25, 0.3) is 0 Å². The van der Waals surface area contributed by atoms with Crippen molar-refractivity contribution in [2.75, 3.05) is 24.7 Å². The van der Waals surface area contributed by atoms with Gasteiger partial charge in [-0.3, -0.25) is 4.79 Å². The normalized spacial score (nSPS) is 22.6. The van der Waals surface area contributed by atoms with E-state index in [0.717, 1.165) is 12.8 Å². The van der Waals surface area contributed by atoms with Crippen LogP contribution in [0.25, 0.3) is 0 Å². The molecule has 1 atom stereocenters. The number of ether oxygens (including phenoxy) is 1. The van der Waals surface area contributed by atoms with Gasteiger partial charge in [-0.15, -0.1) is 0 Å². The molecule has 1 aliphatic heterocycles. The Morgan fingerprint density at radius 1 is 1.45 bits per heavy atom. The lowest BCUT2D eigenvalue weighted by molar-refractivity contribution is -0.124. The molecule has 1 aromatic rings. The first-order chi connectivity index (χ1) is 9.78. The number of amides is 1. The maximum Gasteiger partial charge on any atom is 0.245 e. The number of carbonyl (C=O) groups excluding carboxylic acids is 1. The molecule has 1 amide bonds. The van der Waals surface area contributed by atoms with E-state index in [1.54, 1.807) is 12.4 Å². The third-order valence-corrected chi connectivity index (χ3v) is 3.49. The number of carbonyl (C=O) groups is 1. The highest BCUT2D eigenvalue weighted by molar-refractivity contribution is 5.85. The molecular weight excluding hydrogens is 260 g/mol. The summed E-state index contributed by atoms with van der Waals surface area (Å²) in [5, 5.41) is 12.0. The number of rotatable bonds is 4. The van der Waals surface area contributed by atoms with Crippen molar-refractivity contribution in [3.05, 3.63) is 18.0 Å². The quantitative estimate of drug-likeness (QED) is 0.768. The predicted octanol–water partition coefficient (Wildman–Crippen LogP) is -0.547. The smallest absolute Gasteiger partial charge is 0.245 e. The number of hydrogen-bond acceptors (Lipinski definition) is 6. The molecule has 1 unspecified atom stereocenters. The molecule has 0 spiro atoms. The summed E-state index contributed by atoms with van der Waals surface area (Å²) in [4.78, 5) is 22.5. The van der Waals surface area contributed by atoms with Crippen LogP contribution in [-0.2, 0) is 16.1 Å². The summed E-state index contributed by atoms with van der Waals surface area (Å²) in [7, 11) is 0. The van der Waals surface area contributed by atoms with Crippen molar-refractivity contribution < 1.29 is 14.6 Å². The van der Waals surface area contributed by atoms with Crippen molar-refractivity contribution in [1.29, 1.82) is 0 Å². The second-order valence-corrected chi connectivity index (χ2v) is 5.12. The molecule has 1 saturated carbocycles. The summed E-state index contributed by atoms with van der Waals surface area (Å²) < 4.78 is 5.40. The highest BCUT2D eigenvalue weighted by atomic mass is 16.5. The van der Waals surface area contributed by atoms with Gasteiger partial charge in [0.2, 0.25) is 11.9 Å². The lowest BCUT2D eigenvalue weighted by Crippen LogP contribution is -2.55. The Labute approximate surface area is 117 Å². The number of nitrogens with one attached hydrogen (secondary N) is 1. The van der Waals surface area contributed by atoms with Crippen LogP contribution in [0.2, 0.25) is 0 Å². The van der Waals surface area contributed by atoms with Gasteiger partial charge in [-0.2, -0.15) is 0 Å². The van der Waals surface area contributed by atoms with E-state index in [4.69, 9.17) is 9.84 Å². The average Bonchev–Trinajstić information content (AvgIpc) is 3.31. The van der Waals surface area contributed by atoms with E-state index in [2.05, 4.69) is 15.3 Å². The van der Waals surface area contributed by atoms with Crippen molar-refractivity contribution in [2.24, 2.45) is 0 Å². The Kier molecular flexibility index (Phi) is 3.79. The van der Waals surface area contributed by atoms with Crippen LogP contribution in [-0.4, -0.2) is 52.8 Å². The predicted molar refractivity (Wildman–Crippen MR) is 71.1 cm³/mol. The Morgan fingerprint density at radius 2 is 2.20 bits per heavy atom. The number of aromatic nitrogens is 2. The molecule has 0 aromatic carbocycles. The van der Waals surface area contributed by atoms with E-state index in [1.807, 2.05) is 4.90 Å². The lowest BCUT2D eigenvalue weighted by atomic mass is 10.2. The van der Waals surface area contributed by atoms with Gasteiger partial charge in [0.15, 0.2) is 0 Å². The van der Waals surface area contributed by atoms with Crippen molar-refractivity contribution in [3.63, 3.8) is 0 Å². The molecule has 2 heterocycles. The fourth-order valence-electron chi connectivity index (χ4n) is 2.16. The summed E-state index contributed by atoms with van der Waals surface area (Å²) in [6.07, 6.45) is 5.27. The van der Waals surface area contributed by atoms with Crippen LogP contribution in [0.3, 0.4) is 0 Å². The average molecular weight is 278 g/mol. The van der Waals surface area contributed by atoms with Gasteiger partial charge in [0.05, 0.1) is 19.8 Å². The van der Waals surface area contributed by atoms with Gasteiger partial charge < -0.3 is 20.1 Å². The summed E-state index contributed by atoms with van der Waals surface area (Å²) >= 11 is 0. The highest BCUT2D eigenvalue weighted by Gasteiger charge is 2.34. The Balaban J connectivity index is 1.74. The zero-order chi connectivity index (χ0) is 13.9. The first-order valence-corrected chi connectivity index (χ1v) is 6.84. The molecule has 108 valence electrons. The maximum absolute atomic E-state index is 12.2. The first kappa shape index (κ1) is 13.3. The molecular formula is C13H18N4O3. The first-order valence-electron chi connectivity index (χ1n) is 6.84. The fourth-order valence-corrected chi connectivity index (χ4v) is 2.16. The Bertz CT molecular complexity index is 475. The number of aliphatic hydroxyl groups excluding tert-OH is 1. The van der Waals surface area contributed by atoms with Crippen LogP contribution in [0.15, 0.2) is 12.4 Å². The standard InChI is InChI=1S/C13H18N4O3/c18-7-9-5-14-13(15-6-9)17-3-4-20-8-11(17)12(19)16-10-1-2-10/h5-6,10-11,18H,1-4,7-8H2,(H,16,19). The van der Waals surface area contributed by atoms with E-state index in [9.17, 15) is 4.79 Å². The van der Waals surface area contributed by atoms with Crippen LogP contribution in [0.4, 0.5) is 5.95 Å². The molecule has 1 aromatic heterocycles. The molecule has 20 heavy (non-hydrogen) atoms. The van der Waals surface area contributed by atoms with Gasteiger partial charge in [-0.1, -0.05) is 0 Å². The lowest BCUT2D eigenvalue weighted by Gasteiger charge is -2.34. The Morgan fingerprint density at radius 3 is 2.85 bits per heavy atom. The minimum Gasteiger partial charge on any atom is -0.392 e. The van der Waals surface area contributed by atoms with Crippen molar-refractivity contribution in [3.8, 4) is 0 Å². The van der Waals surface area contributed by atoms with Gasteiger partial charge in [-0.25, -0.2) is 9.97 Å². The van der Waals surface area contributed by atoms with E-state index in [-0.39, 0.29) is 18.6 Å². The summed E-state index contributed by atoms with van der Waals surface area (Å²) in [5.41, 5.74) is 0.654. The van der Waals surface area contributed by atoms with Crippen LogP contribution in [0.1, 0.15) is 18.4 Å². The zero-order valence-electron chi connectivity index (χ0n) is 11.2. The van der Waals surface area contributed by atoms with E-state index in [0.29, 0.717) is 37.3 Å². The topological polar surface area (TPSA) is 87.6 Å². The van der Waals surface area contributed by atoms with Crippen molar-refractivity contribution >= 4 is 11.9 Å². The van der Waals surface area contributed by atoms with E-state index in [1.165, 1.54) is 0 Å². The maximum atomic E-state index is 12.2. The summed E-state index contributed by atoms with van der Waals surface area (Å²) in [6.45, 7) is 1.40. The van der Waals surface area contributed by atoms with E-state index >= 15 is 0 Å². The molecule has 2 fully saturated rings. The number of anilines is 1. The number of nitrogens with zero attached hydrogens (tertiary/aromatic N) is 3. The Hall–Kier alpha value is -1.73. The molecule has 1 saturated heterocycles. The van der Waals surface area contributed by atoms with Crippen LogP contribution < -0.4 is 10.2 Å². The van der Waals surface area contributed by atoms with Gasteiger partial charge in [-0.05, 0) is 12.8 Å². The molecule has 3 rings (SSSR count). The van der Waals surface area contributed by atoms with Crippen LogP contribution in [0.5, 0.6) is 0 Å². The fraction of sp³-hybridized carbons (Fsp3) is 0.615. The zero-order valence-corrected chi connectivity index (χ0v) is 11.2. The second kappa shape index (κ2) is 5.72. The molecule has 0 radical (unpaired) electrons. The van der Waals surface area contributed by atoms with Gasteiger partial charge in [0.1, 0.15) is 6.04 Å². The SMILES string of the molecule is O=C(NC1CC1)C1COCCN1c1ncc(CO)cn1. The van der Waals surface area contributed by atoms with Gasteiger partial charge in [0, 0.05) is 30.5 Å². The summed E-state index contributed by atoms with van der Waals surface area (Å²) in [5.74, 6) is 0.475. The molecule has 2 aliphatic rings. The minimum absolute atomic E-state index is 0.0259. The third kappa shape index (κ3) is 2.88. The van der Waals surface area contributed by atoms with Crippen LogP contribution >= 0.6 is 0 Å². The monoisotopic (exact) mass is 278 g/mol. The van der Waals surface area contributed by atoms with Crippen LogP contribution in [0, 0.1) is 0 Å². The third-order valence-electron chi connectivity index (χ3n) is 3.49. The molecule has 1 aliphatic carbocycles. The van der Waals surface area contributed by atoms with E-state index < -0.39 is 0 Å².